The molecule has 1 aromatic rings. The van der Waals surface area contributed by atoms with E-state index in [1.54, 1.807) is 0 Å². The fourth-order valence-corrected chi connectivity index (χ4v) is 2.32. The average Bonchev–Trinajstić information content (AvgIpc) is 2.77. The molecule has 1 heterocycles. The van der Waals surface area contributed by atoms with E-state index < -0.39 is 0 Å². The van der Waals surface area contributed by atoms with Crippen LogP contribution < -0.4 is 5.73 Å². The van der Waals surface area contributed by atoms with Crippen LogP contribution in [0.1, 0.15) is 17.5 Å². The minimum Gasteiger partial charge on any atom is -0.396 e. The third-order valence-electron chi connectivity index (χ3n) is 3.26. The van der Waals surface area contributed by atoms with Gasteiger partial charge in [0.2, 0.25) is 0 Å². The van der Waals surface area contributed by atoms with E-state index in [1.165, 1.54) is 11.1 Å². The van der Waals surface area contributed by atoms with Crippen LogP contribution in [0.25, 0.3) is 0 Å². The maximum absolute atomic E-state index is 9.09. The standard InChI is InChI=1S/C13H20N2O/c14-7-11-2-1-3-12(6-11)8-15-5-4-13(9-15)10-16/h1-3,6,13,16H,4-5,7-10,14H2. The van der Waals surface area contributed by atoms with Crippen molar-refractivity contribution < 1.29 is 5.11 Å². The molecule has 16 heavy (non-hydrogen) atoms. The molecule has 3 nitrogen and oxygen atoms in total. The highest BCUT2D eigenvalue weighted by atomic mass is 16.3. The zero-order valence-corrected chi connectivity index (χ0v) is 9.60. The Kier molecular flexibility index (Phi) is 3.93. The average molecular weight is 220 g/mol. The van der Waals surface area contributed by atoms with Gasteiger partial charge in [0.25, 0.3) is 0 Å². The molecule has 3 heteroatoms. The highest BCUT2D eigenvalue weighted by molar-refractivity contribution is 5.23. The zero-order chi connectivity index (χ0) is 11.4. The van der Waals surface area contributed by atoms with Gasteiger partial charge in [-0.15, -0.1) is 0 Å². The molecular formula is C13H20N2O. The lowest BCUT2D eigenvalue weighted by Gasteiger charge is -2.16. The first-order valence-electron chi connectivity index (χ1n) is 5.93. The lowest BCUT2D eigenvalue weighted by atomic mass is 10.1. The minimum absolute atomic E-state index is 0.319. The predicted octanol–water partition coefficient (Wildman–Crippen LogP) is 0.959. The molecule has 0 saturated carbocycles. The quantitative estimate of drug-likeness (QED) is 0.794. The van der Waals surface area contributed by atoms with Crippen LogP contribution in [0, 0.1) is 5.92 Å². The molecule has 3 N–H and O–H groups in total. The van der Waals surface area contributed by atoms with Crippen LogP contribution in [-0.2, 0) is 13.1 Å². The van der Waals surface area contributed by atoms with Crippen molar-refractivity contribution in [3.8, 4) is 0 Å². The molecule has 1 aromatic carbocycles. The van der Waals surface area contributed by atoms with Gasteiger partial charge in [-0.25, -0.2) is 0 Å². The van der Waals surface area contributed by atoms with Crippen LogP contribution in [-0.4, -0.2) is 29.7 Å². The van der Waals surface area contributed by atoms with Crippen LogP contribution >= 0.6 is 0 Å². The van der Waals surface area contributed by atoms with Crippen molar-refractivity contribution in [2.75, 3.05) is 19.7 Å². The lowest BCUT2D eigenvalue weighted by molar-refractivity contribution is 0.220. The topological polar surface area (TPSA) is 49.5 Å². The number of nitrogens with zero attached hydrogens (tertiary/aromatic N) is 1. The highest BCUT2D eigenvalue weighted by Crippen LogP contribution is 2.18. The van der Waals surface area contributed by atoms with Gasteiger partial charge in [0.05, 0.1) is 0 Å². The summed E-state index contributed by atoms with van der Waals surface area (Å²) in [5.41, 5.74) is 8.13. The Bertz CT molecular complexity index is 340. The number of likely N-dealkylation sites (tertiary alicyclic amines) is 1. The summed E-state index contributed by atoms with van der Waals surface area (Å²) < 4.78 is 0. The van der Waals surface area contributed by atoms with Gasteiger partial charge >= 0.3 is 0 Å². The van der Waals surface area contributed by atoms with Crippen molar-refractivity contribution in [3.63, 3.8) is 0 Å². The Labute approximate surface area is 96.9 Å². The van der Waals surface area contributed by atoms with E-state index in [2.05, 4.69) is 29.2 Å². The fourth-order valence-electron chi connectivity index (χ4n) is 2.32. The van der Waals surface area contributed by atoms with Crippen LogP contribution in [0.5, 0.6) is 0 Å². The molecule has 88 valence electrons. The van der Waals surface area contributed by atoms with Crippen LogP contribution in [0.2, 0.25) is 0 Å². The molecule has 0 amide bonds. The van der Waals surface area contributed by atoms with Gasteiger partial charge in [0.1, 0.15) is 0 Å². The van der Waals surface area contributed by atoms with Gasteiger partial charge in [0, 0.05) is 26.2 Å². The Morgan fingerprint density at radius 1 is 1.38 bits per heavy atom. The van der Waals surface area contributed by atoms with E-state index in [0.717, 1.165) is 26.1 Å². The number of rotatable bonds is 4. The predicted molar refractivity (Wildman–Crippen MR) is 64.8 cm³/mol. The van der Waals surface area contributed by atoms with E-state index in [-0.39, 0.29) is 0 Å². The van der Waals surface area contributed by atoms with Gasteiger partial charge in [-0.2, -0.15) is 0 Å². The molecule has 0 spiro atoms. The normalized spacial score (nSPS) is 21.5. The van der Waals surface area contributed by atoms with Gasteiger partial charge in [-0.3, -0.25) is 4.90 Å². The Morgan fingerprint density at radius 2 is 2.19 bits per heavy atom. The van der Waals surface area contributed by atoms with Crippen LogP contribution in [0.4, 0.5) is 0 Å². The van der Waals surface area contributed by atoms with Crippen molar-refractivity contribution >= 4 is 0 Å². The maximum Gasteiger partial charge on any atom is 0.0471 e. The number of hydrogen-bond donors (Lipinski definition) is 2. The first-order valence-corrected chi connectivity index (χ1v) is 5.93. The van der Waals surface area contributed by atoms with Crippen molar-refractivity contribution in [1.29, 1.82) is 0 Å². The number of aliphatic hydroxyl groups is 1. The molecule has 1 aliphatic rings. The summed E-state index contributed by atoms with van der Waals surface area (Å²) in [6.07, 6.45) is 1.12. The molecule has 0 radical (unpaired) electrons. The van der Waals surface area contributed by atoms with Crippen molar-refractivity contribution in [3.05, 3.63) is 35.4 Å². The fraction of sp³-hybridized carbons (Fsp3) is 0.538. The van der Waals surface area contributed by atoms with E-state index >= 15 is 0 Å². The third-order valence-corrected chi connectivity index (χ3v) is 3.26. The van der Waals surface area contributed by atoms with Crippen LogP contribution in [0.3, 0.4) is 0 Å². The molecule has 1 atom stereocenters. The maximum atomic E-state index is 9.09. The SMILES string of the molecule is NCc1cccc(CN2CCC(CO)C2)c1. The molecule has 0 aliphatic carbocycles. The Hall–Kier alpha value is -0.900. The van der Waals surface area contributed by atoms with Gasteiger partial charge in [-0.1, -0.05) is 24.3 Å². The van der Waals surface area contributed by atoms with Crippen molar-refractivity contribution in [2.24, 2.45) is 11.7 Å². The summed E-state index contributed by atoms with van der Waals surface area (Å²) in [6, 6.07) is 8.44. The first-order chi connectivity index (χ1) is 7.81. The smallest absolute Gasteiger partial charge is 0.0471 e. The monoisotopic (exact) mass is 220 g/mol. The summed E-state index contributed by atoms with van der Waals surface area (Å²) in [5, 5.41) is 9.09. The molecule has 1 unspecified atom stereocenters. The molecule has 2 rings (SSSR count). The highest BCUT2D eigenvalue weighted by Gasteiger charge is 2.21. The van der Waals surface area contributed by atoms with Crippen LogP contribution in [0.15, 0.2) is 24.3 Å². The largest absolute Gasteiger partial charge is 0.396 e. The molecule has 0 bridgehead atoms. The molecule has 1 aliphatic heterocycles. The van der Waals surface area contributed by atoms with E-state index in [4.69, 9.17) is 10.8 Å². The van der Waals surface area contributed by atoms with Gasteiger partial charge in [-0.05, 0) is 30.0 Å². The summed E-state index contributed by atoms with van der Waals surface area (Å²) >= 11 is 0. The Morgan fingerprint density at radius 3 is 2.88 bits per heavy atom. The number of aliphatic hydroxyl groups excluding tert-OH is 1. The first kappa shape index (κ1) is 11.6. The lowest BCUT2D eigenvalue weighted by Crippen LogP contribution is -2.21. The summed E-state index contributed by atoms with van der Waals surface area (Å²) in [7, 11) is 0. The van der Waals surface area contributed by atoms with Gasteiger partial charge in [0.15, 0.2) is 0 Å². The molecule has 1 fully saturated rings. The number of benzene rings is 1. The van der Waals surface area contributed by atoms with E-state index in [0.29, 0.717) is 19.1 Å². The zero-order valence-electron chi connectivity index (χ0n) is 9.60. The molecule has 1 saturated heterocycles. The Balaban J connectivity index is 1.94. The minimum atomic E-state index is 0.319. The summed E-state index contributed by atoms with van der Waals surface area (Å²) in [4.78, 5) is 2.40. The van der Waals surface area contributed by atoms with E-state index in [1.807, 2.05) is 0 Å². The van der Waals surface area contributed by atoms with Crippen molar-refractivity contribution in [1.82, 2.24) is 4.90 Å². The third kappa shape index (κ3) is 2.82. The second-order valence-corrected chi connectivity index (χ2v) is 4.60. The summed E-state index contributed by atoms with van der Waals surface area (Å²) in [6.45, 7) is 4.01. The number of hydrogen-bond acceptors (Lipinski definition) is 3. The van der Waals surface area contributed by atoms with Crippen molar-refractivity contribution in [2.45, 2.75) is 19.5 Å². The summed E-state index contributed by atoms with van der Waals surface area (Å²) in [5.74, 6) is 0.470. The van der Waals surface area contributed by atoms with Gasteiger partial charge < -0.3 is 10.8 Å². The molecule has 0 aromatic heterocycles. The second kappa shape index (κ2) is 5.43. The number of nitrogens with two attached hydrogens (primary N) is 1. The second-order valence-electron chi connectivity index (χ2n) is 4.60. The van der Waals surface area contributed by atoms with E-state index in [9.17, 15) is 0 Å². The molecular weight excluding hydrogens is 200 g/mol.